The van der Waals surface area contributed by atoms with Crippen LogP contribution in [-0.2, 0) is 0 Å². The van der Waals surface area contributed by atoms with E-state index >= 15 is 0 Å². The molecule has 0 radical (unpaired) electrons. The zero-order valence-electron chi connectivity index (χ0n) is 11.2. The molecule has 100 valence electrons. The normalized spacial score (nSPS) is 12.7. The minimum atomic E-state index is -0.312. The van der Waals surface area contributed by atoms with Crippen LogP contribution in [0.3, 0.4) is 0 Å². The maximum absolute atomic E-state index is 11.0. The molecule has 0 bridgehead atoms. The Balaban J connectivity index is 2.76. The lowest BCUT2D eigenvalue weighted by molar-refractivity contribution is -0.385. The van der Waals surface area contributed by atoms with Crippen LogP contribution < -0.4 is 5.32 Å². The summed E-state index contributed by atoms with van der Waals surface area (Å²) in [4.78, 5) is 12.8. The van der Waals surface area contributed by atoms with Gasteiger partial charge >= 0.3 is 0 Å². The molecule has 0 fully saturated rings. The van der Waals surface area contributed by atoms with Crippen LogP contribution in [0.15, 0.2) is 24.3 Å². The molecule has 0 aliphatic carbocycles. The Morgan fingerprint density at radius 1 is 1.44 bits per heavy atom. The molecule has 0 amide bonds. The molecule has 0 aromatic heterocycles. The predicted octanol–water partition coefficient (Wildman–Crippen LogP) is 2.20. The van der Waals surface area contributed by atoms with E-state index in [-0.39, 0.29) is 16.7 Å². The third kappa shape index (κ3) is 3.78. The molecule has 1 aromatic rings. The van der Waals surface area contributed by atoms with Gasteiger partial charge in [0.1, 0.15) is 0 Å². The van der Waals surface area contributed by atoms with E-state index < -0.39 is 0 Å². The minimum absolute atomic E-state index is 0.0449. The van der Waals surface area contributed by atoms with Crippen LogP contribution in [-0.4, -0.2) is 37.0 Å². The molecule has 0 saturated carbocycles. The van der Waals surface area contributed by atoms with Crippen LogP contribution in [0.2, 0.25) is 0 Å². The van der Waals surface area contributed by atoms with E-state index in [1.807, 2.05) is 33.2 Å². The van der Waals surface area contributed by atoms with Crippen molar-refractivity contribution in [2.45, 2.75) is 19.4 Å². The number of benzene rings is 1. The second-order valence-electron chi connectivity index (χ2n) is 4.43. The highest BCUT2D eigenvalue weighted by Gasteiger charge is 2.20. The molecule has 1 N–H and O–H groups in total. The first kappa shape index (κ1) is 14.6. The number of nitro benzene ring substituents is 1. The van der Waals surface area contributed by atoms with Crippen molar-refractivity contribution in [3.05, 3.63) is 39.9 Å². The van der Waals surface area contributed by atoms with Crippen LogP contribution in [0.5, 0.6) is 0 Å². The molecule has 0 saturated heterocycles. The second kappa shape index (κ2) is 7.08. The summed E-state index contributed by atoms with van der Waals surface area (Å²) in [7, 11) is 3.92. The fourth-order valence-corrected chi connectivity index (χ4v) is 1.94. The van der Waals surface area contributed by atoms with Crippen molar-refractivity contribution in [1.29, 1.82) is 0 Å². The molecule has 0 heterocycles. The smallest absolute Gasteiger partial charge is 0.274 e. The quantitative estimate of drug-likeness (QED) is 0.458. The number of hydrogen-bond donors (Lipinski definition) is 1. The van der Waals surface area contributed by atoms with E-state index in [0.29, 0.717) is 0 Å². The lowest BCUT2D eigenvalue weighted by atomic mass is 10.1. The third-order valence-electron chi connectivity index (χ3n) is 3.18. The van der Waals surface area contributed by atoms with Gasteiger partial charge in [-0.25, -0.2) is 0 Å². The molecule has 0 aliphatic rings. The number of nitro groups is 1. The Bertz CT molecular complexity index is 396. The summed E-state index contributed by atoms with van der Waals surface area (Å²) in [5, 5.41) is 14.1. The standard InChI is InChI=1S/C13H21N3O2/c1-11(15(3)10-6-9-14-2)12-7-4-5-8-13(12)16(17)18/h4-5,7-8,11,14H,6,9-10H2,1-3H3. The molecule has 18 heavy (non-hydrogen) atoms. The van der Waals surface area contributed by atoms with Crippen LogP contribution >= 0.6 is 0 Å². The van der Waals surface area contributed by atoms with Gasteiger partial charge in [-0.3, -0.25) is 15.0 Å². The molecular weight excluding hydrogens is 230 g/mol. The number of para-hydroxylation sites is 1. The fraction of sp³-hybridized carbons (Fsp3) is 0.538. The van der Waals surface area contributed by atoms with Gasteiger partial charge in [-0.1, -0.05) is 18.2 Å². The average molecular weight is 251 g/mol. The third-order valence-corrected chi connectivity index (χ3v) is 3.18. The number of hydrogen-bond acceptors (Lipinski definition) is 4. The van der Waals surface area contributed by atoms with Crippen LogP contribution in [0, 0.1) is 10.1 Å². The van der Waals surface area contributed by atoms with Gasteiger partial charge in [0.2, 0.25) is 0 Å². The van der Waals surface area contributed by atoms with E-state index in [0.717, 1.165) is 25.1 Å². The van der Waals surface area contributed by atoms with E-state index in [1.165, 1.54) is 0 Å². The summed E-state index contributed by atoms with van der Waals surface area (Å²) in [6, 6.07) is 6.99. The highest BCUT2D eigenvalue weighted by atomic mass is 16.6. The van der Waals surface area contributed by atoms with Crippen molar-refractivity contribution in [3.63, 3.8) is 0 Å². The highest BCUT2D eigenvalue weighted by molar-refractivity contribution is 5.41. The van der Waals surface area contributed by atoms with Crippen molar-refractivity contribution in [2.24, 2.45) is 0 Å². The molecule has 1 aromatic carbocycles. The van der Waals surface area contributed by atoms with Gasteiger partial charge in [0.05, 0.1) is 4.92 Å². The summed E-state index contributed by atoms with van der Waals surface area (Å²) in [6.07, 6.45) is 1.03. The van der Waals surface area contributed by atoms with Gasteiger partial charge < -0.3 is 5.32 Å². The highest BCUT2D eigenvalue weighted by Crippen LogP contribution is 2.27. The molecule has 5 nitrogen and oxygen atoms in total. The average Bonchev–Trinajstić information content (AvgIpc) is 2.38. The first-order valence-electron chi connectivity index (χ1n) is 6.16. The second-order valence-corrected chi connectivity index (χ2v) is 4.43. The number of rotatable bonds is 7. The summed E-state index contributed by atoms with van der Waals surface area (Å²) >= 11 is 0. The van der Waals surface area contributed by atoms with Gasteiger partial charge in [0, 0.05) is 17.7 Å². The zero-order chi connectivity index (χ0) is 13.5. The minimum Gasteiger partial charge on any atom is -0.320 e. The molecule has 1 unspecified atom stereocenters. The van der Waals surface area contributed by atoms with E-state index in [2.05, 4.69) is 10.2 Å². The van der Waals surface area contributed by atoms with Crippen molar-refractivity contribution < 1.29 is 4.92 Å². The van der Waals surface area contributed by atoms with Crippen molar-refractivity contribution in [2.75, 3.05) is 27.2 Å². The first-order chi connectivity index (χ1) is 8.57. The maximum Gasteiger partial charge on any atom is 0.274 e. The van der Waals surface area contributed by atoms with Crippen LogP contribution in [0.1, 0.15) is 24.9 Å². The van der Waals surface area contributed by atoms with Crippen molar-refractivity contribution in [3.8, 4) is 0 Å². The predicted molar refractivity (Wildman–Crippen MR) is 72.7 cm³/mol. The van der Waals surface area contributed by atoms with Gasteiger partial charge in [-0.2, -0.15) is 0 Å². The van der Waals surface area contributed by atoms with Gasteiger partial charge in [-0.15, -0.1) is 0 Å². The monoisotopic (exact) mass is 251 g/mol. The van der Waals surface area contributed by atoms with E-state index in [1.54, 1.807) is 12.1 Å². The van der Waals surface area contributed by atoms with Gasteiger partial charge in [-0.05, 0) is 40.5 Å². The molecule has 1 atom stereocenters. The topological polar surface area (TPSA) is 58.4 Å². The Labute approximate surface area is 108 Å². The largest absolute Gasteiger partial charge is 0.320 e. The Hall–Kier alpha value is -1.46. The Morgan fingerprint density at radius 3 is 2.72 bits per heavy atom. The SMILES string of the molecule is CNCCCN(C)C(C)c1ccccc1[N+](=O)[O-]. The summed E-state index contributed by atoms with van der Waals surface area (Å²) in [5.74, 6) is 0. The molecule has 5 heteroatoms. The van der Waals surface area contributed by atoms with Crippen LogP contribution in [0.25, 0.3) is 0 Å². The number of nitrogens with one attached hydrogen (secondary N) is 1. The van der Waals surface area contributed by atoms with Crippen molar-refractivity contribution >= 4 is 5.69 Å². The van der Waals surface area contributed by atoms with E-state index in [4.69, 9.17) is 0 Å². The van der Waals surface area contributed by atoms with Crippen LogP contribution in [0.4, 0.5) is 5.69 Å². The van der Waals surface area contributed by atoms with Gasteiger partial charge in [0.25, 0.3) is 5.69 Å². The molecule has 0 aliphatic heterocycles. The first-order valence-corrected chi connectivity index (χ1v) is 6.16. The Kier molecular flexibility index (Phi) is 5.74. The summed E-state index contributed by atoms with van der Waals surface area (Å²) in [5.41, 5.74) is 0.972. The van der Waals surface area contributed by atoms with Gasteiger partial charge in [0.15, 0.2) is 0 Å². The summed E-state index contributed by atoms with van der Waals surface area (Å²) in [6.45, 7) is 3.86. The summed E-state index contributed by atoms with van der Waals surface area (Å²) < 4.78 is 0. The fourth-order valence-electron chi connectivity index (χ4n) is 1.94. The van der Waals surface area contributed by atoms with E-state index in [9.17, 15) is 10.1 Å². The zero-order valence-corrected chi connectivity index (χ0v) is 11.2. The lowest BCUT2D eigenvalue weighted by Gasteiger charge is -2.24. The molecule has 0 spiro atoms. The van der Waals surface area contributed by atoms with Crippen molar-refractivity contribution in [1.82, 2.24) is 10.2 Å². The molecular formula is C13H21N3O2. The lowest BCUT2D eigenvalue weighted by Crippen LogP contribution is -2.26. The molecule has 1 rings (SSSR count). The Morgan fingerprint density at radius 2 is 2.11 bits per heavy atom. The maximum atomic E-state index is 11.0. The number of nitrogens with zero attached hydrogens (tertiary/aromatic N) is 2.